The molecule has 6 heteroatoms. The highest BCUT2D eigenvalue weighted by Crippen LogP contribution is 2.44. The molecule has 0 atom stereocenters. The summed E-state index contributed by atoms with van der Waals surface area (Å²) in [6.45, 7) is 6.44. The number of fused-ring (bicyclic) bond motifs is 2. The van der Waals surface area contributed by atoms with Crippen LogP contribution in [0.5, 0.6) is 5.75 Å². The number of ether oxygens (including phenoxy) is 1. The lowest BCUT2D eigenvalue weighted by molar-refractivity contribution is -0.136. The number of imide groups is 1. The molecule has 1 aliphatic heterocycles. The number of amides is 2. The second kappa shape index (κ2) is 8.46. The molecule has 1 heterocycles. The van der Waals surface area contributed by atoms with Gasteiger partial charge in [-0.2, -0.15) is 0 Å². The summed E-state index contributed by atoms with van der Waals surface area (Å²) in [4.78, 5) is 39.4. The quantitative estimate of drug-likeness (QED) is 0.521. The second-order valence-corrected chi connectivity index (χ2v) is 8.22. The fourth-order valence-electron chi connectivity index (χ4n) is 4.30. The highest BCUT2D eigenvalue weighted by Gasteiger charge is 2.43. The van der Waals surface area contributed by atoms with E-state index in [1.54, 1.807) is 24.3 Å². The molecule has 0 saturated heterocycles. The molecule has 1 aliphatic rings. The van der Waals surface area contributed by atoms with Crippen molar-refractivity contribution in [3.8, 4) is 5.75 Å². The summed E-state index contributed by atoms with van der Waals surface area (Å²) >= 11 is 0. The zero-order valence-corrected chi connectivity index (χ0v) is 18.3. The number of hydrogen-bond acceptors (Lipinski definition) is 4. The van der Waals surface area contributed by atoms with Crippen molar-refractivity contribution in [2.75, 3.05) is 11.5 Å². The van der Waals surface area contributed by atoms with Gasteiger partial charge in [-0.05, 0) is 41.0 Å². The highest BCUT2D eigenvalue weighted by atomic mass is 16.5. The predicted molar refractivity (Wildman–Crippen MR) is 123 cm³/mol. The lowest BCUT2D eigenvalue weighted by Gasteiger charge is -2.18. The summed E-state index contributed by atoms with van der Waals surface area (Å²) in [7, 11) is 0. The average Bonchev–Trinajstić information content (AvgIpc) is 3.01. The Morgan fingerprint density at radius 3 is 2.19 bits per heavy atom. The van der Waals surface area contributed by atoms with E-state index in [1.807, 2.05) is 45.0 Å². The molecule has 164 valence electrons. The molecule has 0 unspecified atom stereocenters. The van der Waals surface area contributed by atoms with E-state index >= 15 is 0 Å². The number of aliphatic carboxylic acids is 1. The first-order chi connectivity index (χ1) is 15.3. The topological polar surface area (TPSA) is 83.9 Å². The lowest BCUT2D eigenvalue weighted by atomic mass is 9.88. The van der Waals surface area contributed by atoms with E-state index in [0.717, 1.165) is 22.8 Å². The molecule has 0 spiro atoms. The summed E-state index contributed by atoms with van der Waals surface area (Å²) in [5.41, 5.74) is 2.54. The molecule has 0 radical (unpaired) electrons. The summed E-state index contributed by atoms with van der Waals surface area (Å²) in [6, 6.07) is 14.2. The van der Waals surface area contributed by atoms with Crippen LogP contribution >= 0.6 is 0 Å². The molecule has 0 saturated carbocycles. The third kappa shape index (κ3) is 3.51. The van der Waals surface area contributed by atoms with Crippen LogP contribution in [-0.4, -0.2) is 29.5 Å². The van der Waals surface area contributed by atoms with Crippen LogP contribution in [0.2, 0.25) is 0 Å². The molecule has 0 fully saturated rings. The Kier molecular flexibility index (Phi) is 5.70. The van der Waals surface area contributed by atoms with Gasteiger partial charge in [0.05, 0.1) is 29.8 Å². The maximum atomic E-state index is 13.6. The third-order valence-corrected chi connectivity index (χ3v) is 5.62. The second-order valence-electron chi connectivity index (χ2n) is 8.22. The molecule has 1 N–H and O–H groups in total. The smallest absolute Gasteiger partial charge is 0.307 e. The zero-order chi connectivity index (χ0) is 23.0. The molecular weight excluding hydrogens is 406 g/mol. The molecule has 6 nitrogen and oxygen atoms in total. The first-order valence-electron chi connectivity index (χ1n) is 10.8. The largest absolute Gasteiger partial charge is 0.492 e. The van der Waals surface area contributed by atoms with Crippen LogP contribution in [-0.2, 0) is 11.2 Å². The van der Waals surface area contributed by atoms with Gasteiger partial charge in [0.2, 0.25) is 0 Å². The fourth-order valence-corrected chi connectivity index (χ4v) is 4.30. The monoisotopic (exact) mass is 431 g/mol. The maximum Gasteiger partial charge on any atom is 0.307 e. The van der Waals surface area contributed by atoms with Crippen molar-refractivity contribution in [2.45, 2.75) is 39.5 Å². The van der Waals surface area contributed by atoms with Crippen molar-refractivity contribution < 1.29 is 24.2 Å². The minimum Gasteiger partial charge on any atom is -0.492 e. The summed E-state index contributed by atoms with van der Waals surface area (Å²) < 4.78 is 6.05. The van der Waals surface area contributed by atoms with Crippen molar-refractivity contribution in [2.24, 2.45) is 0 Å². The summed E-state index contributed by atoms with van der Waals surface area (Å²) in [6.07, 6.45) is 0.645. The van der Waals surface area contributed by atoms with Gasteiger partial charge in [-0.3, -0.25) is 14.4 Å². The Morgan fingerprint density at radius 1 is 0.969 bits per heavy atom. The summed E-state index contributed by atoms with van der Waals surface area (Å²) in [5, 5.41) is 10.7. The Morgan fingerprint density at radius 2 is 1.59 bits per heavy atom. The molecule has 0 aliphatic carbocycles. The minimum absolute atomic E-state index is 0.0171. The molecule has 0 aromatic heterocycles. The van der Waals surface area contributed by atoms with Crippen LogP contribution in [0.3, 0.4) is 0 Å². The Labute approximate surface area is 186 Å². The van der Waals surface area contributed by atoms with Gasteiger partial charge < -0.3 is 9.84 Å². The van der Waals surface area contributed by atoms with E-state index in [9.17, 15) is 14.4 Å². The van der Waals surface area contributed by atoms with E-state index in [2.05, 4.69) is 0 Å². The van der Waals surface area contributed by atoms with Gasteiger partial charge in [0.25, 0.3) is 11.8 Å². The van der Waals surface area contributed by atoms with Gasteiger partial charge in [-0.25, -0.2) is 4.90 Å². The Bertz CT molecular complexity index is 1230. The standard InChI is InChI=1S/C26H25NO5/c1-4-13-32-24-19-8-6-5-7-18(19)21(15(2)3)22-23(24)26(31)27(25(22)30)17-11-9-16(10-12-17)14-20(28)29/h5-12,15H,4,13-14H2,1-3H3,(H,28,29). The van der Waals surface area contributed by atoms with E-state index in [0.29, 0.717) is 34.7 Å². The van der Waals surface area contributed by atoms with Crippen molar-refractivity contribution in [1.82, 2.24) is 0 Å². The zero-order valence-electron chi connectivity index (χ0n) is 18.3. The fraction of sp³-hybridized carbons (Fsp3) is 0.269. The van der Waals surface area contributed by atoms with Gasteiger partial charge >= 0.3 is 5.97 Å². The SMILES string of the molecule is CCCOc1c2c(c(C(C)C)c3ccccc13)C(=O)N(c1ccc(CC(=O)O)cc1)C2=O. The van der Waals surface area contributed by atoms with Crippen molar-refractivity contribution in [3.05, 3.63) is 70.8 Å². The van der Waals surface area contributed by atoms with Crippen LogP contribution in [0, 0.1) is 0 Å². The number of carbonyl (C=O) groups excluding carboxylic acids is 2. The maximum absolute atomic E-state index is 13.6. The van der Waals surface area contributed by atoms with Crippen LogP contribution in [0.15, 0.2) is 48.5 Å². The first kappa shape index (κ1) is 21.6. The molecule has 0 bridgehead atoms. The van der Waals surface area contributed by atoms with Crippen LogP contribution < -0.4 is 9.64 Å². The number of carboxylic acid groups (broad SMARTS) is 1. The molecule has 2 amide bonds. The van der Waals surface area contributed by atoms with E-state index in [-0.39, 0.29) is 18.2 Å². The van der Waals surface area contributed by atoms with Gasteiger partial charge in [-0.1, -0.05) is 57.2 Å². The van der Waals surface area contributed by atoms with Crippen molar-refractivity contribution in [3.63, 3.8) is 0 Å². The number of carboxylic acids is 1. The average molecular weight is 431 g/mol. The van der Waals surface area contributed by atoms with E-state index < -0.39 is 11.9 Å². The van der Waals surface area contributed by atoms with Gasteiger partial charge in [-0.15, -0.1) is 0 Å². The van der Waals surface area contributed by atoms with Gasteiger partial charge in [0, 0.05) is 5.39 Å². The molecule has 4 rings (SSSR count). The normalized spacial score (nSPS) is 13.2. The third-order valence-electron chi connectivity index (χ3n) is 5.62. The molecule has 3 aromatic carbocycles. The molecular formula is C26H25NO5. The van der Waals surface area contributed by atoms with Crippen LogP contribution in [0.25, 0.3) is 10.8 Å². The van der Waals surface area contributed by atoms with Crippen molar-refractivity contribution in [1.29, 1.82) is 0 Å². The summed E-state index contributed by atoms with van der Waals surface area (Å²) in [5.74, 6) is -1.28. The number of nitrogens with zero attached hydrogens (tertiary/aromatic N) is 1. The minimum atomic E-state index is -0.940. The first-order valence-corrected chi connectivity index (χ1v) is 10.8. The number of hydrogen-bond donors (Lipinski definition) is 1. The highest BCUT2D eigenvalue weighted by molar-refractivity contribution is 6.37. The number of anilines is 1. The van der Waals surface area contributed by atoms with Crippen LogP contribution in [0.1, 0.15) is 65.0 Å². The van der Waals surface area contributed by atoms with E-state index in [1.165, 1.54) is 4.90 Å². The van der Waals surface area contributed by atoms with E-state index in [4.69, 9.17) is 9.84 Å². The Hall–Kier alpha value is -3.67. The van der Waals surface area contributed by atoms with Crippen molar-refractivity contribution >= 4 is 34.2 Å². The van der Waals surface area contributed by atoms with Gasteiger partial charge in [0.1, 0.15) is 5.75 Å². The Balaban J connectivity index is 1.91. The van der Waals surface area contributed by atoms with Gasteiger partial charge in [0.15, 0.2) is 0 Å². The lowest BCUT2D eigenvalue weighted by Crippen LogP contribution is -2.29. The number of carbonyl (C=O) groups is 3. The van der Waals surface area contributed by atoms with Crippen LogP contribution in [0.4, 0.5) is 5.69 Å². The predicted octanol–water partition coefficient (Wildman–Crippen LogP) is 5.18. The molecule has 3 aromatic rings. The number of rotatable bonds is 7. The molecule has 32 heavy (non-hydrogen) atoms. The number of benzene rings is 3.